The number of halogens is 1. The van der Waals surface area contributed by atoms with Gasteiger partial charge in [-0.1, -0.05) is 0 Å². The zero-order chi connectivity index (χ0) is 11.5. The Labute approximate surface area is 107 Å². The highest BCUT2D eigenvalue weighted by atomic mass is 127. The molecule has 0 atom stereocenters. The highest BCUT2D eigenvalue weighted by molar-refractivity contribution is 14.1. The predicted octanol–water partition coefficient (Wildman–Crippen LogP) is 3.37. The third-order valence-electron chi connectivity index (χ3n) is 2.18. The van der Waals surface area contributed by atoms with Crippen molar-refractivity contribution in [1.29, 1.82) is 0 Å². The summed E-state index contributed by atoms with van der Waals surface area (Å²) in [7, 11) is 1.63. The molecular weight excluding hydrogens is 319 g/mol. The van der Waals surface area contributed by atoms with E-state index in [1.165, 1.54) is 0 Å². The Morgan fingerprint density at radius 1 is 1.31 bits per heavy atom. The molecule has 82 valence electrons. The number of carbonyl (C=O) groups is 1. The fraction of sp³-hybridized carbons (Fsp3) is 0.0833. The largest absolute Gasteiger partial charge is 0.496 e. The SMILES string of the molecule is COc1cc(-c2ccc(C=O)o2)ccc1I. The molecule has 0 aliphatic rings. The van der Waals surface area contributed by atoms with Gasteiger partial charge in [0.15, 0.2) is 12.0 Å². The molecule has 4 heteroatoms. The molecule has 1 aromatic heterocycles. The van der Waals surface area contributed by atoms with Gasteiger partial charge < -0.3 is 9.15 Å². The van der Waals surface area contributed by atoms with Crippen LogP contribution in [-0.4, -0.2) is 13.4 Å². The van der Waals surface area contributed by atoms with E-state index in [0.29, 0.717) is 17.8 Å². The summed E-state index contributed by atoms with van der Waals surface area (Å²) in [6, 6.07) is 9.17. The lowest BCUT2D eigenvalue weighted by molar-refractivity contribution is 0.110. The monoisotopic (exact) mass is 328 g/mol. The van der Waals surface area contributed by atoms with Gasteiger partial charge in [0.1, 0.15) is 11.5 Å². The third-order valence-corrected chi connectivity index (χ3v) is 3.07. The van der Waals surface area contributed by atoms with Gasteiger partial charge >= 0.3 is 0 Å². The first kappa shape index (κ1) is 11.2. The molecule has 1 heterocycles. The van der Waals surface area contributed by atoms with Crippen molar-refractivity contribution in [3.8, 4) is 17.1 Å². The number of aldehydes is 1. The van der Waals surface area contributed by atoms with Gasteiger partial charge in [-0.05, 0) is 52.9 Å². The Bertz CT molecular complexity index is 517. The van der Waals surface area contributed by atoms with E-state index in [2.05, 4.69) is 22.6 Å². The highest BCUT2D eigenvalue weighted by Gasteiger charge is 2.07. The maximum atomic E-state index is 10.5. The number of rotatable bonds is 3. The zero-order valence-corrected chi connectivity index (χ0v) is 10.7. The quantitative estimate of drug-likeness (QED) is 0.641. The summed E-state index contributed by atoms with van der Waals surface area (Å²) in [5.74, 6) is 1.78. The fourth-order valence-corrected chi connectivity index (χ4v) is 1.94. The standard InChI is InChI=1S/C12H9IO3/c1-15-12-6-8(2-4-10(12)13)11-5-3-9(7-14)16-11/h2-7H,1H3. The molecule has 1 aromatic carbocycles. The van der Waals surface area contributed by atoms with E-state index in [0.717, 1.165) is 14.9 Å². The Hall–Kier alpha value is -1.30. The molecule has 0 spiro atoms. The van der Waals surface area contributed by atoms with Crippen LogP contribution in [0.5, 0.6) is 5.75 Å². The van der Waals surface area contributed by atoms with Crippen LogP contribution in [0.1, 0.15) is 10.6 Å². The number of carbonyl (C=O) groups excluding carboxylic acids is 1. The number of hydrogen-bond donors (Lipinski definition) is 0. The van der Waals surface area contributed by atoms with Crippen LogP contribution < -0.4 is 4.74 Å². The van der Waals surface area contributed by atoms with Crippen LogP contribution in [0, 0.1) is 3.57 Å². The van der Waals surface area contributed by atoms with Crippen LogP contribution in [0.4, 0.5) is 0 Å². The Morgan fingerprint density at radius 2 is 2.12 bits per heavy atom. The minimum Gasteiger partial charge on any atom is -0.496 e. The van der Waals surface area contributed by atoms with E-state index in [9.17, 15) is 4.79 Å². The van der Waals surface area contributed by atoms with Gasteiger partial charge in [0.25, 0.3) is 0 Å². The zero-order valence-electron chi connectivity index (χ0n) is 8.57. The maximum absolute atomic E-state index is 10.5. The molecule has 0 saturated carbocycles. The van der Waals surface area contributed by atoms with Crippen molar-refractivity contribution in [2.24, 2.45) is 0 Å². The van der Waals surface area contributed by atoms with Gasteiger partial charge in [-0.15, -0.1) is 0 Å². The summed E-state index contributed by atoms with van der Waals surface area (Å²) in [6.07, 6.45) is 0.688. The normalized spacial score (nSPS) is 10.1. The van der Waals surface area contributed by atoms with Gasteiger partial charge in [-0.3, -0.25) is 4.79 Å². The summed E-state index contributed by atoms with van der Waals surface area (Å²) >= 11 is 2.20. The van der Waals surface area contributed by atoms with Crippen LogP contribution in [0.15, 0.2) is 34.7 Å². The van der Waals surface area contributed by atoms with Gasteiger partial charge in [-0.25, -0.2) is 0 Å². The number of benzene rings is 1. The third kappa shape index (κ3) is 2.11. The lowest BCUT2D eigenvalue weighted by Crippen LogP contribution is -1.87. The van der Waals surface area contributed by atoms with Gasteiger partial charge in [0, 0.05) is 5.56 Å². The first-order chi connectivity index (χ1) is 7.74. The summed E-state index contributed by atoms with van der Waals surface area (Å²) in [6.45, 7) is 0. The summed E-state index contributed by atoms with van der Waals surface area (Å²) < 4.78 is 11.6. The first-order valence-electron chi connectivity index (χ1n) is 4.63. The molecule has 0 amide bonds. The van der Waals surface area contributed by atoms with Crippen LogP contribution in [-0.2, 0) is 0 Å². The van der Waals surface area contributed by atoms with Crippen molar-refractivity contribution in [3.05, 3.63) is 39.7 Å². The molecule has 0 aliphatic heterocycles. The van der Waals surface area contributed by atoms with E-state index in [1.54, 1.807) is 19.2 Å². The molecule has 0 N–H and O–H groups in total. The van der Waals surface area contributed by atoms with Crippen molar-refractivity contribution in [2.75, 3.05) is 7.11 Å². The number of ether oxygens (including phenoxy) is 1. The Morgan fingerprint density at radius 3 is 2.75 bits per heavy atom. The molecule has 2 rings (SSSR count). The summed E-state index contributed by atoms with van der Waals surface area (Å²) in [5, 5.41) is 0. The number of methoxy groups -OCH3 is 1. The fourth-order valence-electron chi connectivity index (χ4n) is 1.38. The molecule has 3 nitrogen and oxygen atoms in total. The molecule has 16 heavy (non-hydrogen) atoms. The summed E-state index contributed by atoms with van der Waals surface area (Å²) in [5.41, 5.74) is 0.894. The van der Waals surface area contributed by atoms with Gasteiger partial charge in [-0.2, -0.15) is 0 Å². The van der Waals surface area contributed by atoms with Gasteiger partial charge in [0.05, 0.1) is 10.7 Å². The van der Waals surface area contributed by atoms with Crippen LogP contribution in [0.25, 0.3) is 11.3 Å². The van der Waals surface area contributed by atoms with E-state index in [4.69, 9.17) is 9.15 Å². The smallest absolute Gasteiger partial charge is 0.185 e. The molecule has 0 radical (unpaired) electrons. The summed E-state index contributed by atoms with van der Waals surface area (Å²) in [4.78, 5) is 10.5. The van der Waals surface area contributed by atoms with Crippen LogP contribution >= 0.6 is 22.6 Å². The Balaban J connectivity index is 2.43. The first-order valence-corrected chi connectivity index (χ1v) is 5.71. The van der Waals surface area contributed by atoms with Crippen molar-refractivity contribution in [2.45, 2.75) is 0 Å². The average Bonchev–Trinajstić information content (AvgIpc) is 2.78. The predicted molar refractivity (Wildman–Crippen MR) is 68.8 cm³/mol. The Kier molecular flexibility index (Phi) is 3.28. The molecule has 2 aromatic rings. The van der Waals surface area contributed by atoms with Crippen molar-refractivity contribution in [1.82, 2.24) is 0 Å². The molecule has 0 saturated heterocycles. The molecule has 0 aliphatic carbocycles. The highest BCUT2D eigenvalue weighted by Crippen LogP contribution is 2.29. The van der Waals surface area contributed by atoms with Crippen LogP contribution in [0.2, 0.25) is 0 Å². The van der Waals surface area contributed by atoms with Crippen LogP contribution in [0.3, 0.4) is 0 Å². The van der Waals surface area contributed by atoms with Crippen molar-refractivity contribution in [3.63, 3.8) is 0 Å². The minimum atomic E-state index is 0.326. The number of furan rings is 1. The minimum absolute atomic E-state index is 0.326. The second-order valence-corrected chi connectivity index (χ2v) is 4.33. The average molecular weight is 328 g/mol. The van der Waals surface area contributed by atoms with Crippen molar-refractivity contribution >= 4 is 28.9 Å². The number of hydrogen-bond acceptors (Lipinski definition) is 3. The molecule has 0 fully saturated rings. The second kappa shape index (κ2) is 4.69. The van der Waals surface area contributed by atoms with E-state index < -0.39 is 0 Å². The van der Waals surface area contributed by atoms with Gasteiger partial charge in [0.2, 0.25) is 0 Å². The van der Waals surface area contributed by atoms with Crippen molar-refractivity contribution < 1.29 is 13.9 Å². The van der Waals surface area contributed by atoms with E-state index in [1.807, 2.05) is 18.2 Å². The molecule has 0 unspecified atom stereocenters. The topological polar surface area (TPSA) is 39.4 Å². The second-order valence-electron chi connectivity index (χ2n) is 3.17. The molecule has 0 bridgehead atoms. The lowest BCUT2D eigenvalue weighted by Gasteiger charge is -2.04. The maximum Gasteiger partial charge on any atom is 0.185 e. The van der Waals surface area contributed by atoms with E-state index in [-0.39, 0.29) is 0 Å². The molecular formula is C12H9IO3. The van der Waals surface area contributed by atoms with E-state index >= 15 is 0 Å². The lowest BCUT2D eigenvalue weighted by atomic mass is 10.2.